The van der Waals surface area contributed by atoms with Crippen molar-refractivity contribution in [1.82, 2.24) is 4.31 Å². The minimum atomic E-state index is -3.47. The van der Waals surface area contributed by atoms with Crippen molar-refractivity contribution in [1.29, 1.82) is 5.26 Å². The van der Waals surface area contributed by atoms with Crippen molar-refractivity contribution < 1.29 is 8.42 Å². The van der Waals surface area contributed by atoms with Crippen LogP contribution in [0.25, 0.3) is 0 Å². The van der Waals surface area contributed by atoms with Crippen LogP contribution in [0.5, 0.6) is 0 Å². The van der Waals surface area contributed by atoms with E-state index in [1.807, 2.05) is 6.07 Å². The lowest BCUT2D eigenvalue weighted by atomic mass is 10.2. The van der Waals surface area contributed by atoms with Gasteiger partial charge in [0.15, 0.2) is 0 Å². The highest BCUT2D eigenvalue weighted by Gasteiger charge is 2.28. The molecule has 1 aromatic rings. The third-order valence-electron chi connectivity index (χ3n) is 2.69. The molecule has 1 aliphatic heterocycles. The molecule has 0 aliphatic carbocycles. The van der Waals surface area contributed by atoms with Crippen LogP contribution in [0, 0.1) is 11.3 Å². The maximum absolute atomic E-state index is 12.2. The van der Waals surface area contributed by atoms with Gasteiger partial charge in [-0.25, -0.2) is 8.42 Å². The summed E-state index contributed by atoms with van der Waals surface area (Å²) in [6.07, 6.45) is 1.79. The molecule has 0 amide bonds. The van der Waals surface area contributed by atoms with Crippen LogP contribution in [0.3, 0.4) is 0 Å². The SMILES string of the molecule is N#Cc1ccccc1S(=O)(=O)N1CCCC1. The van der Waals surface area contributed by atoms with E-state index >= 15 is 0 Å². The van der Waals surface area contributed by atoms with E-state index in [2.05, 4.69) is 0 Å². The fourth-order valence-corrected chi connectivity index (χ4v) is 3.51. The number of nitrogens with zero attached hydrogens (tertiary/aromatic N) is 2. The molecule has 1 fully saturated rings. The lowest BCUT2D eigenvalue weighted by Crippen LogP contribution is -2.28. The van der Waals surface area contributed by atoms with Crippen LogP contribution >= 0.6 is 0 Å². The van der Waals surface area contributed by atoms with Crippen LogP contribution in [0.4, 0.5) is 0 Å². The van der Waals surface area contributed by atoms with E-state index in [0.717, 1.165) is 12.8 Å². The highest BCUT2D eigenvalue weighted by atomic mass is 32.2. The quantitative estimate of drug-likeness (QED) is 0.778. The maximum Gasteiger partial charge on any atom is 0.244 e. The van der Waals surface area contributed by atoms with Gasteiger partial charge in [0, 0.05) is 13.1 Å². The molecular weight excluding hydrogens is 224 g/mol. The first-order valence-electron chi connectivity index (χ1n) is 5.15. The molecule has 84 valence electrons. The second-order valence-corrected chi connectivity index (χ2v) is 5.63. The minimum absolute atomic E-state index is 0.124. The Morgan fingerprint density at radius 1 is 1.19 bits per heavy atom. The predicted molar refractivity (Wildman–Crippen MR) is 59.1 cm³/mol. The molecule has 2 rings (SSSR count). The van der Waals surface area contributed by atoms with Crippen molar-refractivity contribution in [3.63, 3.8) is 0 Å². The van der Waals surface area contributed by atoms with Gasteiger partial charge in [0.25, 0.3) is 0 Å². The summed E-state index contributed by atoms with van der Waals surface area (Å²) < 4.78 is 25.8. The van der Waals surface area contributed by atoms with Crippen molar-refractivity contribution in [2.75, 3.05) is 13.1 Å². The number of benzene rings is 1. The number of rotatable bonds is 2. The third-order valence-corrected chi connectivity index (χ3v) is 4.65. The molecule has 0 N–H and O–H groups in total. The van der Waals surface area contributed by atoms with E-state index in [9.17, 15) is 8.42 Å². The van der Waals surface area contributed by atoms with Gasteiger partial charge in [0.1, 0.15) is 6.07 Å². The van der Waals surface area contributed by atoms with Gasteiger partial charge in [-0.05, 0) is 25.0 Å². The smallest absolute Gasteiger partial charge is 0.207 e. The lowest BCUT2D eigenvalue weighted by molar-refractivity contribution is 0.477. The van der Waals surface area contributed by atoms with Gasteiger partial charge < -0.3 is 0 Å². The van der Waals surface area contributed by atoms with Crippen LogP contribution in [-0.4, -0.2) is 25.8 Å². The maximum atomic E-state index is 12.2. The fraction of sp³-hybridized carbons (Fsp3) is 0.364. The molecule has 0 atom stereocenters. The van der Waals surface area contributed by atoms with Crippen molar-refractivity contribution in [3.05, 3.63) is 29.8 Å². The lowest BCUT2D eigenvalue weighted by Gasteiger charge is -2.15. The van der Waals surface area contributed by atoms with Crippen LogP contribution < -0.4 is 0 Å². The zero-order valence-electron chi connectivity index (χ0n) is 8.76. The topological polar surface area (TPSA) is 61.2 Å². The van der Waals surface area contributed by atoms with Crippen molar-refractivity contribution >= 4 is 10.0 Å². The number of hydrogen-bond acceptors (Lipinski definition) is 3. The van der Waals surface area contributed by atoms with Gasteiger partial charge in [0.2, 0.25) is 10.0 Å². The first-order chi connectivity index (χ1) is 7.66. The summed E-state index contributed by atoms with van der Waals surface area (Å²) in [6, 6.07) is 8.25. The second kappa shape index (κ2) is 4.24. The number of sulfonamides is 1. The van der Waals surface area contributed by atoms with E-state index in [0.29, 0.717) is 13.1 Å². The zero-order valence-corrected chi connectivity index (χ0v) is 9.57. The average Bonchev–Trinajstić information content (AvgIpc) is 2.83. The monoisotopic (exact) mass is 236 g/mol. The molecule has 0 radical (unpaired) electrons. The minimum Gasteiger partial charge on any atom is -0.207 e. The molecule has 1 aliphatic rings. The van der Waals surface area contributed by atoms with Gasteiger partial charge in [-0.1, -0.05) is 12.1 Å². The first kappa shape index (κ1) is 11.1. The predicted octanol–water partition coefficient (Wildman–Crippen LogP) is 1.34. The molecule has 0 saturated carbocycles. The average molecular weight is 236 g/mol. The normalized spacial score (nSPS) is 17.2. The molecule has 0 spiro atoms. The van der Waals surface area contributed by atoms with Crippen molar-refractivity contribution in [2.24, 2.45) is 0 Å². The summed E-state index contributed by atoms with van der Waals surface area (Å²) in [5.74, 6) is 0. The van der Waals surface area contributed by atoms with Crippen LogP contribution in [0.15, 0.2) is 29.2 Å². The Labute approximate surface area is 95.2 Å². The molecule has 4 nitrogen and oxygen atoms in total. The summed E-state index contributed by atoms with van der Waals surface area (Å²) in [7, 11) is -3.47. The molecule has 5 heteroatoms. The van der Waals surface area contributed by atoms with Gasteiger partial charge in [-0.15, -0.1) is 0 Å². The van der Waals surface area contributed by atoms with Gasteiger partial charge >= 0.3 is 0 Å². The fourth-order valence-electron chi connectivity index (χ4n) is 1.85. The Morgan fingerprint density at radius 3 is 2.44 bits per heavy atom. The number of nitriles is 1. The molecule has 0 bridgehead atoms. The molecule has 16 heavy (non-hydrogen) atoms. The molecule has 1 saturated heterocycles. The summed E-state index contributed by atoms with van der Waals surface area (Å²) in [4.78, 5) is 0.124. The van der Waals surface area contributed by atoms with E-state index in [4.69, 9.17) is 5.26 Å². The highest BCUT2D eigenvalue weighted by molar-refractivity contribution is 7.89. The van der Waals surface area contributed by atoms with E-state index in [1.54, 1.807) is 12.1 Å². The first-order valence-corrected chi connectivity index (χ1v) is 6.59. The molecule has 0 unspecified atom stereocenters. The van der Waals surface area contributed by atoms with Crippen LogP contribution in [0.1, 0.15) is 18.4 Å². The van der Waals surface area contributed by atoms with Crippen LogP contribution in [-0.2, 0) is 10.0 Å². The van der Waals surface area contributed by atoms with Crippen LogP contribution in [0.2, 0.25) is 0 Å². The van der Waals surface area contributed by atoms with E-state index < -0.39 is 10.0 Å². The van der Waals surface area contributed by atoms with Crippen molar-refractivity contribution in [2.45, 2.75) is 17.7 Å². The second-order valence-electron chi connectivity index (χ2n) is 3.72. The molecule has 1 aromatic carbocycles. The Bertz CT molecular complexity index is 525. The third kappa shape index (κ3) is 1.82. The van der Waals surface area contributed by atoms with Gasteiger partial charge in [-0.3, -0.25) is 0 Å². The Hall–Kier alpha value is -1.38. The summed E-state index contributed by atoms with van der Waals surface area (Å²) in [5, 5.41) is 8.89. The number of hydrogen-bond donors (Lipinski definition) is 0. The zero-order chi connectivity index (χ0) is 11.6. The van der Waals surface area contributed by atoms with E-state index in [1.165, 1.54) is 16.4 Å². The van der Waals surface area contributed by atoms with Gasteiger partial charge in [0.05, 0.1) is 10.5 Å². The summed E-state index contributed by atoms with van der Waals surface area (Å²) >= 11 is 0. The highest BCUT2D eigenvalue weighted by Crippen LogP contribution is 2.23. The molecule has 0 aromatic heterocycles. The van der Waals surface area contributed by atoms with Gasteiger partial charge in [-0.2, -0.15) is 9.57 Å². The van der Waals surface area contributed by atoms with E-state index in [-0.39, 0.29) is 10.5 Å². The molecule has 1 heterocycles. The largest absolute Gasteiger partial charge is 0.244 e. The summed E-state index contributed by atoms with van der Waals surface area (Å²) in [5.41, 5.74) is 0.217. The Kier molecular flexibility index (Phi) is 2.95. The molecular formula is C11H12N2O2S. The standard InChI is InChI=1S/C11H12N2O2S/c12-9-10-5-1-2-6-11(10)16(14,15)13-7-3-4-8-13/h1-2,5-6H,3-4,7-8H2. The summed E-state index contributed by atoms with van der Waals surface area (Å²) in [6.45, 7) is 1.12. The van der Waals surface area contributed by atoms with Crippen molar-refractivity contribution in [3.8, 4) is 6.07 Å². The Morgan fingerprint density at radius 2 is 1.81 bits per heavy atom. The Balaban J connectivity index is 2.47.